The Morgan fingerprint density at radius 2 is 2.07 bits per heavy atom. The Morgan fingerprint density at radius 3 is 2.67 bits per heavy atom. The van der Waals surface area contributed by atoms with Crippen LogP contribution in [0.2, 0.25) is 0 Å². The first kappa shape index (κ1) is 12.1. The molecule has 0 aromatic heterocycles. The first-order valence-electron chi connectivity index (χ1n) is 4.59. The summed E-state index contributed by atoms with van der Waals surface area (Å²) >= 11 is 0. The van der Waals surface area contributed by atoms with Crippen molar-refractivity contribution in [1.29, 1.82) is 0 Å². The van der Waals surface area contributed by atoms with E-state index < -0.39 is 7.52 Å². The lowest BCUT2D eigenvalue weighted by Crippen LogP contribution is -2.14. The van der Waals surface area contributed by atoms with E-state index in [9.17, 15) is 9.36 Å². The second-order valence-corrected chi connectivity index (χ2v) is 5.40. The van der Waals surface area contributed by atoms with Crippen LogP contribution in [-0.2, 0) is 20.5 Å². The Kier molecular flexibility index (Phi) is 4.69. The second-order valence-electron chi connectivity index (χ2n) is 3.13. The van der Waals surface area contributed by atoms with E-state index in [2.05, 4.69) is 5.09 Å². The lowest BCUT2D eigenvalue weighted by Gasteiger charge is -2.13. The molecular weight excluding hydrogens is 213 g/mol. The lowest BCUT2D eigenvalue weighted by molar-refractivity contribution is -0.106. The lowest BCUT2D eigenvalue weighted by atomic mass is 10.2. The van der Waals surface area contributed by atoms with Crippen LogP contribution < -0.4 is 5.09 Å². The molecule has 1 rings (SSSR count). The van der Waals surface area contributed by atoms with E-state index in [1.54, 1.807) is 0 Å². The number of nitrogens with one attached hydrogen (secondary N) is 1. The smallest absolute Gasteiger partial charge is 0.267 e. The Balaban J connectivity index is 2.42. The average Bonchev–Trinajstić information content (AvgIpc) is 2.25. The summed E-state index contributed by atoms with van der Waals surface area (Å²) in [5.41, 5.74) is 0.951. The maximum atomic E-state index is 11.7. The second kappa shape index (κ2) is 5.81. The van der Waals surface area contributed by atoms with E-state index in [0.29, 0.717) is 6.29 Å². The van der Waals surface area contributed by atoms with Gasteiger partial charge in [-0.15, -0.1) is 0 Å². The highest BCUT2D eigenvalue weighted by atomic mass is 31.2. The fourth-order valence-corrected chi connectivity index (χ4v) is 1.91. The number of carbonyl (C=O) groups excluding carboxylic acids is 1. The number of carbonyl (C=O) groups is 1. The van der Waals surface area contributed by atoms with Crippen molar-refractivity contribution in [2.24, 2.45) is 0 Å². The molecule has 0 heterocycles. The van der Waals surface area contributed by atoms with Gasteiger partial charge in [0.25, 0.3) is 7.52 Å². The van der Waals surface area contributed by atoms with E-state index in [1.165, 1.54) is 6.66 Å². The van der Waals surface area contributed by atoms with Crippen molar-refractivity contribution < 1.29 is 13.9 Å². The number of hydrogen-bond acceptors (Lipinski definition) is 3. The molecule has 4 nitrogen and oxygen atoms in total. The van der Waals surface area contributed by atoms with E-state index in [-0.39, 0.29) is 13.2 Å². The van der Waals surface area contributed by atoms with Crippen LogP contribution in [0.1, 0.15) is 5.56 Å². The molecule has 1 unspecified atom stereocenters. The highest BCUT2D eigenvalue weighted by molar-refractivity contribution is 7.56. The minimum Gasteiger partial charge on any atom is -0.313 e. The number of benzene rings is 1. The van der Waals surface area contributed by atoms with Gasteiger partial charge in [-0.05, 0) is 5.56 Å². The van der Waals surface area contributed by atoms with Gasteiger partial charge in [0.1, 0.15) is 6.29 Å². The molecule has 0 saturated carbocycles. The molecule has 82 valence electrons. The highest BCUT2D eigenvalue weighted by Crippen LogP contribution is 2.37. The molecule has 0 radical (unpaired) electrons. The minimum absolute atomic E-state index is 0.0442. The normalized spacial score (nSPS) is 14.5. The topological polar surface area (TPSA) is 55.4 Å². The molecule has 15 heavy (non-hydrogen) atoms. The van der Waals surface area contributed by atoms with Gasteiger partial charge in [-0.1, -0.05) is 30.3 Å². The van der Waals surface area contributed by atoms with Crippen molar-refractivity contribution in [3.8, 4) is 0 Å². The van der Waals surface area contributed by atoms with Crippen LogP contribution in [0.3, 0.4) is 0 Å². The zero-order valence-corrected chi connectivity index (χ0v) is 9.44. The number of hydrogen-bond donors (Lipinski definition) is 1. The van der Waals surface area contributed by atoms with E-state index in [1.807, 2.05) is 30.3 Å². The van der Waals surface area contributed by atoms with Crippen molar-refractivity contribution in [2.75, 3.05) is 13.2 Å². The number of rotatable bonds is 6. The van der Waals surface area contributed by atoms with Crippen molar-refractivity contribution >= 4 is 13.8 Å². The van der Waals surface area contributed by atoms with E-state index >= 15 is 0 Å². The summed E-state index contributed by atoms with van der Waals surface area (Å²) in [6, 6.07) is 9.45. The Morgan fingerprint density at radius 1 is 1.40 bits per heavy atom. The Labute approximate surface area is 89.1 Å². The van der Waals surface area contributed by atoms with Crippen LogP contribution in [0.4, 0.5) is 0 Å². The van der Waals surface area contributed by atoms with Gasteiger partial charge in [-0.2, -0.15) is 0 Å². The molecule has 0 spiro atoms. The predicted molar refractivity (Wildman–Crippen MR) is 58.8 cm³/mol. The Bertz CT molecular complexity index is 353. The third-order valence-electron chi connectivity index (χ3n) is 1.78. The maximum Gasteiger partial charge on any atom is 0.267 e. The largest absolute Gasteiger partial charge is 0.313 e. The molecule has 0 amide bonds. The third kappa shape index (κ3) is 4.88. The summed E-state index contributed by atoms with van der Waals surface area (Å²) in [5, 5.41) is 2.54. The fourth-order valence-electron chi connectivity index (χ4n) is 1.02. The molecule has 0 aliphatic rings. The van der Waals surface area contributed by atoms with Gasteiger partial charge in [0.15, 0.2) is 0 Å². The van der Waals surface area contributed by atoms with E-state index in [4.69, 9.17) is 4.52 Å². The van der Waals surface area contributed by atoms with Gasteiger partial charge >= 0.3 is 0 Å². The van der Waals surface area contributed by atoms with Crippen LogP contribution in [0, 0.1) is 0 Å². The molecule has 1 atom stereocenters. The molecule has 1 aromatic rings. The van der Waals surface area contributed by atoms with Gasteiger partial charge in [0, 0.05) is 6.66 Å². The minimum atomic E-state index is -2.86. The molecule has 0 fully saturated rings. The van der Waals surface area contributed by atoms with E-state index in [0.717, 1.165) is 5.56 Å². The van der Waals surface area contributed by atoms with Gasteiger partial charge in [-0.25, -0.2) is 5.09 Å². The highest BCUT2D eigenvalue weighted by Gasteiger charge is 2.13. The van der Waals surface area contributed by atoms with Crippen molar-refractivity contribution in [3.63, 3.8) is 0 Å². The third-order valence-corrected chi connectivity index (χ3v) is 3.16. The number of aldehydes is 1. The standard InChI is InChI=1S/C10H14NO3P/c1-15(13,11-7-8-12)14-9-10-5-3-2-4-6-10/h2-6,8H,7,9H2,1H3,(H,11,13). The van der Waals surface area contributed by atoms with Crippen molar-refractivity contribution in [3.05, 3.63) is 35.9 Å². The summed E-state index contributed by atoms with van der Waals surface area (Å²) in [7, 11) is -2.86. The maximum absolute atomic E-state index is 11.7. The molecule has 0 bridgehead atoms. The molecule has 0 aliphatic heterocycles. The van der Waals surface area contributed by atoms with Crippen LogP contribution in [0.25, 0.3) is 0 Å². The first-order valence-corrected chi connectivity index (χ1v) is 6.66. The molecule has 0 saturated heterocycles. The molecule has 5 heteroatoms. The fraction of sp³-hybridized carbons (Fsp3) is 0.300. The SMILES string of the molecule is CP(=O)(NCC=O)OCc1ccccc1. The van der Waals surface area contributed by atoms with Crippen LogP contribution >= 0.6 is 7.52 Å². The predicted octanol–water partition coefficient (Wildman–Crippen LogP) is 1.81. The van der Waals surface area contributed by atoms with Crippen LogP contribution in [0.15, 0.2) is 30.3 Å². The van der Waals surface area contributed by atoms with Gasteiger partial charge in [-0.3, -0.25) is 4.57 Å². The summed E-state index contributed by atoms with van der Waals surface area (Å²) < 4.78 is 16.9. The van der Waals surface area contributed by atoms with Crippen LogP contribution in [0.5, 0.6) is 0 Å². The zero-order chi connectivity index (χ0) is 11.1. The van der Waals surface area contributed by atoms with Gasteiger partial charge in [0.05, 0.1) is 13.2 Å². The first-order chi connectivity index (χ1) is 7.14. The molecular formula is C10H14NO3P. The summed E-state index contributed by atoms with van der Waals surface area (Å²) in [6.07, 6.45) is 0.655. The van der Waals surface area contributed by atoms with Gasteiger partial charge in [0.2, 0.25) is 0 Å². The van der Waals surface area contributed by atoms with Crippen molar-refractivity contribution in [2.45, 2.75) is 6.61 Å². The van der Waals surface area contributed by atoms with Gasteiger partial charge < -0.3 is 9.32 Å². The van der Waals surface area contributed by atoms with Crippen molar-refractivity contribution in [1.82, 2.24) is 5.09 Å². The Hall–Kier alpha value is -0.960. The molecule has 1 N–H and O–H groups in total. The summed E-state index contributed by atoms with van der Waals surface area (Å²) in [6.45, 7) is 1.78. The van der Waals surface area contributed by atoms with Crippen LogP contribution in [-0.4, -0.2) is 19.5 Å². The molecule has 1 aromatic carbocycles. The summed E-state index contributed by atoms with van der Waals surface area (Å²) in [4.78, 5) is 10.1. The molecule has 0 aliphatic carbocycles. The monoisotopic (exact) mass is 227 g/mol. The average molecular weight is 227 g/mol. The summed E-state index contributed by atoms with van der Waals surface area (Å²) in [5.74, 6) is 0. The quantitative estimate of drug-likeness (QED) is 0.594. The zero-order valence-electron chi connectivity index (χ0n) is 8.55.